The summed E-state index contributed by atoms with van der Waals surface area (Å²) in [6, 6.07) is 16.5. The number of halogens is 1. The van der Waals surface area contributed by atoms with Crippen LogP contribution in [0.2, 0.25) is 0 Å². The van der Waals surface area contributed by atoms with E-state index in [4.69, 9.17) is 4.74 Å². The van der Waals surface area contributed by atoms with Gasteiger partial charge in [-0.2, -0.15) is 0 Å². The summed E-state index contributed by atoms with van der Waals surface area (Å²) in [6.45, 7) is 4.36. The number of piperazine rings is 1. The molecule has 31 heavy (non-hydrogen) atoms. The Morgan fingerprint density at radius 1 is 1.03 bits per heavy atom. The average molecular weight is 532 g/mol. The van der Waals surface area contributed by atoms with Gasteiger partial charge in [-0.3, -0.25) is 4.99 Å². The van der Waals surface area contributed by atoms with Gasteiger partial charge in [0.2, 0.25) is 0 Å². The monoisotopic (exact) mass is 532 g/mol. The van der Waals surface area contributed by atoms with E-state index in [0.717, 1.165) is 49.3 Å². The average Bonchev–Trinajstić information content (AvgIpc) is 3.35. The van der Waals surface area contributed by atoms with E-state index < -0.39 is 0 Å². The van der Waals surface area contributed by atoms with Crippen LogP contribution < -0.4 is 15.0 Å². The lowest BCUT2D eigenvalue weighted by Crippen LogP contribution is -2.52. The van der Waals surface area contributed by atoms with Crippen molar-refractivity contribution >= 4 is 35.6 Å². The molecule has 0 radical (unpaired) electrons. The maximum atomic E-state index is 5.53. The lowest BCUT2D eigenvalue weighted by molar-refractivity contribution is 0.367. The third-order valence-corrected chi connectivity index (χ3v) is 5.43. The van der Waals surface area contributed by atoms with Gasteiger partial charge in [-0.15, -0.1) is 24.0 Å². The van der Waals surface area contributed by atoms with E-state index in [9.17, 15) is 0 Å². The summed E-state index contributed by atoms with van der Waals surface area (Å²) in [5.74, 6) is 1.85. The number of nitrogens with zero attached hydrogens (tertiary/aromatic N) is 5. The topological polar surface area (TPSA) is 57.9 Å². The summed E-state index contributed by atoms with van der Waals surface area (Å²) < 4.78 is 7.56. The van der Waals surface area contributed by atoms with Crippen LogP contribution in [0.15, 0.2) is 72.2 Å². The van der Waals surface area contributed by atoms with Crippen molar-refractivity contribution in [2.75, 3.05) is 45.2 Å². The van der Waals surface area contributed by atoms with Gasteiger partial charge in [0.1, 0.15) is 5.75 Å². The number of aliphatic imine (C=N–C) groups is 1. The zero-order valence-electron chi connectivity index (χ0n) is 17.9. The number of guanidine groups is 1. The molecule has 1 N–H and O–H groups in total. The molecule has 0 amide bonds. The molecule has 1 fully saturated rings. The summed E-state index contributed by atoms with van der Waals surface area (Å²) >= 11 is 0. The molecule has 0 unspecified atom stereocenters. The lowest BCUT2D eigenvalue weighted by atomic mass is 10.1. The van der Waals surface area contributed by atoms with Gasteiger partial charge in [0.15, 0.2) is 5.96 Å². The number of nitrogens with one attached hydrogen (secondary N) is 1. The molecule has 1 aliphatic rings. The fraction of sp³-hybridized carbons (Fsp3) is 0.304. The lowest BCUT2D eigenvalue weighted by Gasteiger charge is -2.38. The van der Waals surface area contributed by atoms with E-state index in [0.29, 0.717) is 6.54 Å². The van der Waals surface area contributed by atoms with Gasteiger partial charge in [0.05, 0.1) is 24.8 Å². The van der Waals surface area contributed by atoms with Crippen molar-refractivity contribution in [2.45, 2.75) is 6.54 Å². The first-order chi connectivity index (χ1) is 14.8. The number of imidazole rings is 1. The minimum Gasteiger partial charge on any atom is -0.495 e. The summed E-state index contributed by atoms with van der Waals surface area (Å²) in [4.78, 5) is 13.4. The molecule has 2 aromatic carbocycles. The molecule has 164 valence electrons. The van der Waals surface area contributed by atoms with Crippen LogP contribution in [-0.4, -0.2) is 60.7 Å². The Labute approximate surface area is 200 Å². The van der Waals surface area contributed by atoms with Crippen molar-refractivity contribution in [3.63, 3.8) is 0 Å². The molecule has 0 saturated carbocycles. The van der Waals surface area contributed by atoms with Crippen LogP contribution in [-0.2, 0) is 6.54 Å². The first kappa shape index (κ1) is 22.9. The molecule has 1 aliphatic heterocycles. The SMILES string of the molecule is CN=C(NCc1ccccc1-n1ccnc1)N1CCN(c2ccccc2OC)CC1.I. The van der Waals surface area contributed by atoms with Crippen LogP contribution in [0.3, 0.4) is 0 Å². The minimum atomic E-state index is 0. The van der Waals surface area contributed by atoms with Gasteiger partial charge in [-0.1, -0.05) is 30.3 Å². The second-order valence-corrected chi connectivity index (χ2v) is 7.15. The predicted molar refractivity (Wildman–Crippen MR) is 136 cm³/mol. The van der Waals surface area contributed by atoms with Crippen LogP contribution in [0.1, 0.15) is 5.56 Å². The summed E-state index contributed by atoms with van der Waals surface area (Å²) in [5.41, 5.74) is 3.47. The first-order valence-corrected chi connectivity index (χ1v) is 10.2. The Morgan fingerprint density at radius 3 is 2.42 bits per heavy atom. The number of aromatic nitrogens is 2. The number of ether oxygens (including phenoxy) is 1. The molecule has 1 saturated heterocycles. The Bertz CT molecular complexity index is 983. The van der Waals surface area contributed by atoms with Crippen molar-refractivity contribution < 1.29 is 4.74 Å². The van der Waals surface area contributed by atoms with Gasteiger partial charge >= 0.3 is 0 Å². The molecule has 8 heteroatoms. The maximum Gasteiger partial charge on any atom is 0.194 e. The second kappa shape index (κ2) is 11.0. The second-order valence-electron chi connectivity index (χ2n) is 7.15. The molecule has 0 aliphatic carbocycles. The van der Waals surface area contributed by atoms with E-state index in [1.165, 1.54) is 5.56 Å². The van der Waals surface area contributed by atoms with Gasteiger partial charge in [-0.05, 0) is 23.8 Å². The molecule has 2 heterocycles. The number of rotatable bonds is 5. The fourth-order valence-electron chi connectivity index (χ4n) is 3.87. The van der Waals surface area contributed by atoms with Crippen LogP contribution >= 0.6 is 24.0 Å². The highest BCUT2D eigenvalue weighted by atomic mass is 127. The predicted octanol–water partition coefficient (Wildman–Crippen LogP) is 3.40. The smallest absolute Gasteiger partial charge is 0.194 e. The summed E-state index contributed by atoms with van der Waals surface area (Å²) in [6.07, 6.45) is 5.58. The van der Waals surface area contributed by atoms with Crippen LogP contribution in [0.5, 0.6) is 5.75 Å². The standard InChI is InChI=1S/C23H28N6O.HI/c1-24-23(26-17-19-7-3-4-8-20(19)29-12-11-25-18-29)28-15-13-27(14-16-28)21-9-5-6-10-22(21)30-2;/h3-12,18H,13-17H2,1-2H3,(H,24,26);1H. The minimum absolute atomic E-state index is 0. The number of methoxy groups -OCH3 is 1. The zero-order valence-corrected chi connectivity index (χ0v) is 20.3. The molecule has 1 aromatic heterocycles. The van der Waals surface area contributed by atoms with Crippen molar-refractivity contribution in [3.8, 4) is 11.4 Å². The van der Waals surface area contributed by atoms with Gasteiger partial charge in [0.25, 0.3) is 0 Å². The van der Waals surface area contributed by atoms with Gasteiger partial charge < -0.3 is 24.4 Å². The van der Waals surface area contributed by atoms with E-state index in [1.807, 2.05) is 42.3 Å². The van der Waals surface area contributed by atoms with E-state index in [2.05, 4.69) is 55.4 Å². The Morgan fingerprint density at radius 2 is 1.74 bits per heavy atom. The highest BCUT2D eigenvalue weighted by Gasteiger charge is 2.21. The fourth-order valence-corrected chi connectivity index (χ4v) is 3.87. The van der Waals surface area contributed by atoms with Crippen LogP contribution in [0.25, 0.3) is 5.69 Å². The molecule has 3 aromatic rings. The highest BCUT2D eigenvalue weighted by molar-refractivity contribution is 14.0. The van der Waals surface area contributed by atoms with Gasteiger partial charge in [-0.25, -0.2) is 4.98 Å². The van der Waals surface area contributed by atoms with E-state index in [1.54, 1.807) is 13.3 Å². The molecule has 0 atom stereocenters. The number of para-hydroxylation sites is 3. The molecule has 0 spiro atoms. The van der Waals surface area contributed by atoms with Crippen molar-refractivity contribution in [1.29, 1.82) is 0 Å². The molecular weight excluding hydrogens is 503 g/mol. The normalized spacial score (nSPS) is 14.2. The molecule has 4 rings (SSSR count). The number of hydrogen-bond donors (Lipinski definition) is 1. The van der Waals surface area contributed by atoms with Crippen molar-refractivity contribution in [3.05, 3.63) is 72.8 Å². The Balaban J connectivity index is 0.00000272. The number of benzene rings is 2. The molecule has 7 nitrogen and oxygen atoms in total. The van der Waals surface area contributed by atoms with Crippen molar-refractivity contribution in [2.24, 2.45) is 4.99 Å². The van der Waals surface area contributed by atoms with Gasteiger partial charge in [0, 0.05) is 52.2 Å². The third kappa shape index (κ3) is 5.30. The Kier molecular flexibility index (Phi) is 8.16. The van der Waals surface area contributed by atoms with Crippen LogP contribution in [0.4, 0.5) is 5.69 Å². The zero-order chi connectivity index (χ0) is 20.8. The molecular formula is C23H29IN6O. The van der Waals surface area contributed by atoms with Crippen LogP contribution in [0, 0.1) is 0 Å². The third-order valence-electron chi connectivity index (χ3n) is 5.43. The Hall–Kier alpha value is -2.75. The quantitative estimate of drug-likeness (QED) is 0.310. The molecule has 0 bridgehead atoms. The highest BCUT2D eigenvalue weighted by Crippen LogP contribution is 2.28. The van der Waals surface area contributed by atoms with E-state index >= 15 is 0 Å². The summed E-state index contributed by atoms with van der Waals surface area (Å²) in [5, 5.41) is 3.53. The number of anilines is 1. The largest absolute Gasteiger partial charge is 0.495 e. The van der Waals surface area contributed by atoms with Crippen molar-refractivity contribution in [1.82, 2.24) is 19.8 Å². The van der Waals surface area contributed by atoms with E-state index in [-0.39, 0.29) is 24.0 Å². The first-order valence-electron chi connectivity index (χ1n) is 10.2. The maximum absolute atomic E-state index is 5.53. The number of hydrogen-bond acceptors (Lipinski definition) is 4. The summed E-state index contributed by atoms with van der Waals surface area (Å²) in [7, 11) is 3.57.